The third-order valence-corrected chi connectivity index (χ3v) is 4.55. The van der Waals surface area contributed by atoms with Gasteiger partial charge in [-0.15, -0.1) is 11.3 Å². The van der Waals surface area contributed by atoms with Crippen LogP contribution in [-0.2, 0) is 27.1 Å². The first-order chi connectivity index (χ1) is 8.65. The van der Waals surface area contributed by atoms with Crippen LogP contribution in [0.4, 0.5) is 0 Å². The van der Waals surface area contributed by atoms with Gasteiger partial charge in [-0.1, -0.05) is 0 Å². The molecule has 5 heteroatoms. The first-order valence-electron chi connectivity index (χ1n) is 6.13. The van der Waals surface area contributed by atoms with Gasteiger partial charge in [-0.05, 0) is 30.9 Å². The van der Waals surface area contributed by atoms with Crippen LogP contribution in [0.25, 0.3) is 0 Å². The standard InChI is InChI=1S/C13H19NO3S/c1-16-11-4-3-5-12-9(11)6-8(18-12)7-10(14)13(15)17-2/h6,10-11H,3-5,7,14H2,1-2H3. The van der Waals surface area contributed by atoms with E-state index in [1.54, 1.807) is 18.4 Å². The minimum absolute atomic E-state index is 0.202. The lowest BCUT2D eigenvalue weighted by molar-refractivity contribution is -0.142. The number of carbonyl (C=O) groups is 1. The zero-order chi connectivity index (χ0) is 13.1. The Morgan fingerprint density at radius 1 is 1.61 bits per heavy atom. The predicted molar refractivity (Wildman–Crippen MR) is 70.7 cm³/mol. The molecule has 1 aliphatic rings. The van der Waals surface area contributed by atoms with E-state index in [1.807, 2.05) is 0 Å². The van der Waals surface area contributed by atoms with Crippen LogP contribution in [0, 0.1) is 0 Å². The van der Waals surface area contributed by atoms with Crippen molar-refractivity contribution in [2.24, 2.45) is 5.73 Å². The topological polar surface area (TPSA) is 61.5 Å². The van der Waals surface area contributed by atoms with Gasteiger partial charge in [0.15, 0.2) is 0 Å². The Morgan fingerprint density at radius 2 is 2.39 bits per heavy atom. The molecule has 100 valence electrons. The van der Waals surface area contributed by atoms with Crippen LogP contribution in [0.15, 0.2) is 6.07 Å². The number of hydrogen-bond acceptors (Lipinski definition) is 5. The van der Waals surface area contributed by atoms with E-state index in [0.717, 1.165) is 24.1 Å². The molecule has 2 atom stereocenters. The second-order valence-electron chi connectivity index (χ2n) is 4.54. The van der Waals surface area contributed by atoms with E-state index in [0.29, 0.717) is 6.42 Å². The molecule has 0 fully saturated rings. The Balaban J connectivity index is 2.12. The summed E-state index contributed by atoms with van der Waals surface area (Å²) in [5.41, 5.74) is 7.06. The Morgan fingerprint density at radius 3 is 3.06 bits per heavy atom. The van der Waals surface area contributed by atoms with Crippen molar-refractivity contribution in [2.75, 3.05) is 14.2 Å². The fourth-order valence-electron chi connectivity index (χ4n) is 2.37. The molecule has 2 rings (SSSR count). The van der Waals surface area contributed by atoms with E-state index in [1.165, 1.54) is 17.6 Å². The van der Waals surface area contributed by atoms with Crippen molar-refractivity contribution in [3.8, 4) is 0 Å². The number of fused-ring (bicyclic) bond motifs is 1. The number of ether oxygens (including phenoxy) is 2. The second-order valence-corrected chi connectivity index (χ2v) is 5.76. The molecule has 1 aliphatic carbocycles. The summed E-state index contributed by atoms with van der Waals surface area (Å²) >= 11 is 1.74. The van der Waals surface area contributed by atoms with E-state index in [-0.39, 0.29) is 12.1 Å². The summed E-state index contributed by atoms with van der Waals surface area (Å²) in [5.74, 6) is -0.357. The summed E-state index contributed by atoms with van der Waals surface area (Å²) in [5, 5.41) is 0. The van der Waals surface area contributed by atoms with Crippen LogP contribution < -0.4 is 5.73 Å². The van der Waals surface area contributed by atoms with E-state index in [2.05, 4.69) is 10.8 Å². The summed E-state index contributed by atoms with van der Waals surface area (Å²) < 4.78 is 10.1. The summed E-state index contributed by atoms with van der Waals surface area (Å²) in [6.07, 6.45) is 4.08. The van der Waals surface area contributed by atoms with Crippen molar-refractivity contribution >= 4 is 17.3 Å². The summed E-state index contributed by atoms with van der Waals surface area (Å²) in [4.78, 5) is 13.8. The van der Waals surface area contributed by atoms with Crippen molar-refractivity contribution < 1.29 is 14.3 Å². The van der Waals surface area contributed by atoms with Crippen LogP contribution in [-0.4, -0.2) is 26.2 Å². The number of thiophene rings is 1. The molecule has 0 bridgehead atoms. The largest absolute Gasteiger partial charge is 0.468 e. The molecule has 1 aromatic heterocycles. The molecular formula is C13H19NO3S. The fourth-order valence-corrected chi connectivity index (χ4v) is 3.69. The van der Waals surface area contributed by atoms with Crippen molar-refractivity contribution in [1.29, 1.82) is 0 Å². The first kappa shape index (κ1) is 13.5. The molecule has 18 heavy (non-hydrogen) atoms. The maximum absolute atomic E-state index is 11.3. The van der Waals surface area contributed by atoms with Crippen molar-refractivity contribution in [2.45, 2.75) is 37.8 Å². The summed E-state index contributed by atoms with van der Waals surface area (Å²) in [6.45, 7) is 0. The molecular weight excluding hydrogens is 250 g/mol. The molecule has 0 saturated heterocycles. The van der Waals surface area contributed by atoms with Crippen LogP contribution in [0.1, 0.15) is 34.3 Å². The van der Waals surface area contributed by atoms with Crippen LogP contribution in [0.3, 0.4) is 0 Å². The smallest absolute Gasteiger partial charge is 0.323 e. The van der Waals surface area contributed by atoms with Gasteiger partial charge in [0.25, 0.3) is 0 Å². The number of methoxy groups -OCH3 is 2. The number of hydrogen-bond donors (Lipinski definition) is 1. The normalized spacial score (nSPS) is 20.3. The molecule has 2 N–H and O–H groups in total. The zero-order valence-corrected chi connectivity index (χ0v) is 11.6. The van der Waals surface area contributed by atoms with E-state index >= 15 is 0 Å². The van der Waals surface area contributed by atoms with Crippen molar-refractivity contribution in [1.82, 2.24) is 0 Å². The highest BCUT2D eigenvalue weighted by atomic mass is 32.1. The first-order valence-corrected chi connectivity index (χ1v) is 6.95. The van der Waals surface area contributed by atoms with Crippen molar-refractivity contribution in [3.05, 3.63) is 21.4 Å². The van der Waals surface area contributed by atoms with Gasteiger partial charge >= 0.3 is 5.97 Å². The molecule has 0 radical (unpaired) electrons. The molecule has 0 aliphatic heterocycles. The average Bonchev–Trinajstić information content (AvgIpc) is 2.79. The SMILES string of the molecule is COC(=O)C(N)Cc1cc2c(s1)CCCC2OC. The fraction of sp³-hybridized carbons (Fsp3) is 0.615. The van der Waals surface area contributed by atoms with E-state index in [9.17, 15) is 4.79 Å². The van der Waals surface area contributed by atoms with Gasteiger partial charge in [-0.25, -0.2) is 0 Å². The van der Waals surface area contributed by atoms with Gasteiger partial charge in [0.2, 0.25) is 0 Å². The van der Waals surface area contributed by atoms with Gasteiger partial charge in [0, 0.05) is 23.3 Å². The molecule has 1 aromatic rings. The van der Waals surface area contributed by atoms with E-state index < -0.39 is 6.04 Å². The Hall–Kier alpha value is -0.910. The lowest BCUT2D eigenvalue weighted by Gasteiger charge is -2.20. The lowest BCUT2D eigenvalue weighted by Crippen LogP contribution is -2.33. The molecule has 2 unspecified atom stereocenters. The Labute approximate surface area is 111 Å². The average molecular weight is 269 g/mol. The molecule has 4 nitrogen and oxygen atoms in total. The van der Waals surface area contributed by atoms with Crippen LogP contribution in [0.2, 0.25) is 0 Å². The van der Waals surface area contributed by atoms with Gasteiger partial charge in [-0.3, -0.25) is 4.79 Å². The highest BCUT2D eigenvalue weighted by molar-refractivity contribution is 7.12. The molecule has 1 heterocycles. The minimum atomic E-state index is -0.573. The van der Waals surface area contributed by atoms with Gasteiger partial charge in [0.05, 0.1) is 13.2 Å². The van der Waals surface area contributed by atoms with Gasteiger partial charge in [0.1, 0.15) is 6.04 Å². The van der Waals surface area contributed by atoms with Crippen molar-refractivity contribution in [3.63, 3.8) is 0 Å². The predicted octanol–water partition coefficient (Wildman–Crippen LogP) is 1.81. The van der Waals surface area contributed by atoms with Gasteiger partial charge in [-0.2, -0.15) is 0 Å². The highest BCUT2D eigenvalue weighted by Crippen LogP contribution is 2.37. The molecule has 0 saturated carbocycles. The third kappa shape index (κ3) is 2.74. The molecule has 0 aromatic carbocycles. The number of esters is 1. The highest BCUT2D eigenvalue weighted by Gasteiger charge is 2.24. The third-order valence-electron chi connectivity index (χ3n) is 3.32. The number of aryl methyl sites for hydroxylation is 1. The van der Waals surface area contributed by atoms with E-state index in [4.69, 9.17) is 10.5 Å². The van der Waals surface area contributed by atoms with Crippen LogP contribution >= 0.6 is 11.3 Å². The summed E-state index contributed by atoms with van der Waals surface area (Å²) in [7, 11) is 3.11. The monoisotopic (exact) mass is 269 g/mol. The molecule has 0 amide bonds. The number of rotatable bonds is 4. The second kappa shape index (κ2) is 5.82. The quantitative estimate of drug-likeness (QED) is 0.847. The maximum Gasteiger partial charge on any atom is 0.323 e. The minimum Gasteiger partial charge on any atom is -0.468 e. The number of carbonyl (C=O) groups excluding carboxylic acids is 1. The lowest BCUT2D eigenvalue weighted by atomic mass is 9.95. The number of nitrogens with two attached hydrogens (primary N) is 1. The summed E-state index contributed by atoms with van der Waals surface area (Å²) in [6, 6.07) is 1.56. The molecule has 0 spiro atoms. The van der Waals surface area contributed by atoms with Crippen LogP contribution in [0.5, 0.6) is 0 Å². The van der Waals surface area contributed by atoms with Gasteiger partial charge < -0.3 is 15.2 Å². The Bertz CT molecular complexity index is 430. The Kier molecular flexibility index (Phi) is 4.37. The zero-order valence-electron chi connectivity index (χ0n) is 10.8. The maximum atomic E-state index is 11.3.